The fraction of sp³-hybridized carbons (Fsp3) is 0.208. The predicted molar refractivity (Wildman–Crippen MR) is 135 cm³/mol. The molecule has 0 aromatic heterocycles. The Kier molecular flexibility index (Phi) is 11.5. The number of benzene rings is 3. The van der Waals surface area contributed by atoms with E-state index in [0.29, 0.717) is 22.1 Å². The number of hydrazine groups is 1. The highest BCUT2D eigenvalue weighted by Crippen LogP contribution is 2.23. The van der Waals surface area contributed by atoms with Crippen LogP contribution in [0, 0.1) is 0 Å². The van der Waals surface area contributed by atoms with Gasteiger partial charge >= 0.3 is 13.1 Å². The molecule has 0 bridgehead atoms. The van der Waals surface area contributed by atoms with Gasteiger partial charge in [-0.1, -0.05) is 71.7 Å². The molecule has 0 aliphatic heterocycles. The SMILES string of the molecule is CCOC(=O)[C@H](O)CN(N)Cc1ccc(-c2cccc(Cl)c2)cc1.OB(O)c1cccc(Cl)c1. The average Bonchev–Trinajstić information content (AvgIpc) is 2.80. The molecule has 0 heterocycles. The molecule has 0 amide bonds. The van der Waals surface area contributed by atoms with Crippen molar-refractivity contribution >= 4 is 41.8 Å². The van der Waals surface area contributed by atoms with Gasteiger partial charge in [-0.15, -0.1) is 0 Å². The molecule has 0 aliphatic rings. The monoisotopic (exact) mass is 504 g/mol. The Hall–Kier alpha value is -2.43. The van der Waals surface area contributed by atoms with Crippen molar-refractivity contribution in [3.63, 3.8) is 0 Å². The van der Waals surface area contributed by atoms with Gasteiger partial charge in [0, 0.05) is 16.6 Å². The van der Waals surface area contributed by atoms with E-state index in [-0.39, 0.29) is 13.2 Å². The van der Waals surface area contributed by atoms with E-state index in [1.807, 2.05) is 48.5 Å². The number of nitrogens with zero attached hydrogens (tertiary/aromatic N) is 1. The summed E-state index contributed by atoms with van der Waals surface area (Å²) in [7, 11) is -1.43. The van der Waals surface area contributed by atoms with Gasteiger partial charge in [0.15, 0.2) is 6.10 Å². The Balaban J connectivity index is 0.000000340. The fourth-order valence-electron chi connectivity index (χ4n) is 2.97. The van der Waals surface area contributed by atoms with Crippen LogP contribution in [0.4, 0.5) is 0 Å². The van der Waals surface area contributed by atoms with E-state index in [1.165, 1.54) is 11.1 Å². The van der Waals surface area contributed by atoms with Crippen LogP contribution in [-0.2, 0) is 16.1 Å². The zero-order valence-electron chi connectivity index (χ0n) is 18.6. The Labute approximate surface area is 209 Å². The highest BCUT2D eigenvalue weighted by molar-refractivity contribution is 6.59. The largest absolute Gasteiger partial charge is 0.488 e. The van der Waals surface area contributed by atoms with Crippen molar-refractivity contribution in [3.8, 4) is 11.1 Å². The number of rotatable bonds is 8. The summed E-state index contributed by atoms with van der Waals surface area (Å²) in [6.07, 6.45) is -1.25. The van der Waals surface area contributed by atoms with Crippen LogP contribution in [0.3, 0.4) is 0 Å². The van der Waals surface area contributed by atoms with E-state index in [1.54, 1.807) is 25.1 Å². The Morgan fingerprint density at radius 2 is 1.62 bits per heavy atom. The minimum atomic E-state index is -1.43. The first-order chi connectivity index (χ1) is 16.2. The molecule has 3 rings (SSSR count). The number of carbonyl (C=O) groups excluding carboxylic acids is 1. The van der Waals surface area contributed by atoms with Crippen molar-refractivity contribution in [1.29, 1.82) is 0 Å². The highest BCUT2D eigenvalue weighted by Gasteiger charge is 2.18. The van der Waals surface area contributed by atoms with Crippen molar-refractivity contribution in [3.05, 3.63) is 88.4 Å². The lowest BCUT2D eigenvalue weighted by Crippen LogP contribution is -2.41. The molecule has 3 aromatic rings. The third-order valence-corrected chi connectivity index (χ3v) is 5.08. The quantitative estimate of drug-likeness (QED) is 0.161. The topological polar surface area (TPSA) is 116 Å². The smallest absolute Gasteiger partial charge is 0.464 e. The van der Waals surface area contributed by atoms with Crippen LogP contribution in [0.1, 0.15) is 12.5 Å². The number of nitrogens with two attached hydrogens (primary N) is 1. The number of aliphatic hydroxyl groups is 1. The van der Waals surface area contributed by atoms with E-state index in [4.69, 9.17) is 43.8 Å². The van der Waals surface area contributed by atoms with E-state index >= 15 is 0 Å². The van der Waals surface area contributed by atoms with Gasteiger partial charge < -0.3 is 19.9 Å². The van der Waals surface area contributed by atoms with Crippen LogP contribution >= 0.6 is 23.2 Å². The normalized spacial score (nSPS) is 11.4. The van der Waals surface area contributed by atoms with Crippen LogP contribution in [0.15, 0.2) is 72.8 Å². The zero-order valence-corrected chi connectivity index (χ0v) is 20.2. The van der Waals surface area contributed by atoms with Gasteiger partial charge in [0.1, 0.15) is 0 Å². The summed E-state index contributed by atoms with van der Waals surface area (Å²) in [5, 5.41) is 29.6. The maximum absolute atomic E-state index is 11.4. The van der Waals surface area contributed by atoms with Gasteiger partial charge in [-0.2, -0.15) is 0 Å². The van der Waals surface area contributed by atoms with Gasteiger partial charge in [0.2, 0.25) is 0 Å². The zero-order chi connectivity index (χ0) is 25.1. The lowest BCUT2D eigenvalue weighted by Gasteiger charge is -2.19. The maximum atomic E-state index is 11.4. The Morgan fingerprint density at radius 3 is 2.15 bits per heavy atom. The first-order valence-corrected chi connectivity index (χ1v) is 11.3. The van der Waals surface area contributed by atoms with Crippen LogP contribution in [0.2, 0.25) is 10.0 Å². The number of aliphatic hydroxyl groups excluding tert-OH is 1. The van der Waals surface area contributed by atoms with Crippen molar-refractivity contribution in [2.45, 2.75) is 19.6 Å². The van der Waals surface area contributed by atoms with Gasteiger partial charge in [-0.25, -0.2) is 9.80 Å². The first-order valence-electron chi connectivity index (χ1n) is 10.5. The number of halogens is 2. The maximum Gasteiger partial charge on any atom is 0.488 e. The van der Waals surface area contributed by atoms with Crippen molar-refractivity contribution < 1.29 is 24.7 Å². The van der Waals surface area contributed by atoms with Crippen LogP contribution < -0.4 is 11.3 Å². The molecule has 0 saturated heterocycles. The van der Waals surface area contributed by atoms with Gasteiger partial charge in [-0.05, 0) is 53.3 Å². The Bertz CT molecular complexity index is 1050. The van der Waals surface area contributed by atoms with Gasteiger partial charge in [-0.3, -0.25) is 5.84 Å². The molecular formula is C24H27BCl2N2O5. The molecule has 0 aliphatic carbocycles. The number of hydrogen-bond donors (Lipinski definition) is 4. The molecule has 1 atom stereocenters. The number of esters is 1. The second-order valence-corrected chi connectivity index (χ2v) is 8.21. The fourth-order valence-corrected chi connectivity index (χ4v) is 3.36. The summed E-state index contributed by atoms with van der Waals surface area (Å²) in [4.78, 5) is 11.4. The van der Waals surface area contributed by atoms with Crippen molar-refractivity contribution in [1.82, 2.24) is 5.01 Å². The average molecular weight is 505 g/mol. The first kappa shape index (κ1) is 27.8. The predicted octanol–water partition coefficient (Wildman–Crippen LogP) is 2.63. The molecule has 0 spiro atoms. The van der Waals surface area contributed by atoms with Crippen molar-refractivity contribution in [2.75, 3.05) is 13.2 Å². The third-order valence-electron chi connectivity index (χ3n) is 4.61. The summed E-state index contributed by atoms with van der Waals surface area (Å²) in [5.41, 5.74) is 3.47. The molecule has 3 aromatic carbocycles. The van der Waals surface area contributed by atoms with Crippen LogP contribution in [0.25, 0.3) is 11.1 Å². The minimum Gasteiger partial charge on any atom is -0.464 e. The summed E-state index contributed by atoms with van der Waals surface area (Å²) >= 11 is 11.6. The molecule has 0 radical (unpaired) electrons. The molecule has 34 heavy (non-hydrogen) atoms. The molecule has 180 valence electrons. The lowest BCUT2D eigenvalue weighted by atomic mass is 9.81. The minimum absolute atomic E-state index is 0.00881. The van der Waals surface area contributed by atoms with E-state index in [0.717, 1.165) is 16.7 Å². The molecule has 0 saturated carbocycles. The summed E-state index contributed by atoms with van der Waals surface area (Å²) < 4.78 is 4.75. The lowest BCUT2D eigenvalue weighted by molar-refractivity contribution is -0.154. The van der Waals surface area contributed by atoms with E-state index in [9.17, 15) is 9.90 Å². The molecular weight excluding hydrogens is 478 g/mol. The van der Waals surface area contributed by atoms with Crippen molar-refractivity contribution in [2.24, 2.45) is 5.84 Å². The third kappa shape index (κ3) is 9.44. The molecule has 10 heteroatoms. The summed E-state index contributed by atoms with van der Waals surface area (Å²) in [6, 6.07) is 21.9. The second-order valence-electron chi connectivity index (χ2n) is 7.33. The van der Waals surface area contributed by atoms with E-state index < -0.39 is 19.2 Å². The molecule has 0 fully saturated rings. The number of carbonyl (C=O) groups is 1. The van der Waals surface area contributed by atoms with Gasteiger partial charge in [0.25, 0.3) is 0 Å². The second kappa shape index (κ2) is 14.1. The summed E-state index contributed by atoms with van der Waals surface area (Å²) in [5.74, 6) is 5.20. The number of hydrogen-bond acceptors (Lipinski definition) is 7. The molecule has 7 nitrogen and oxygen atoms in total. The molecule has 5 N–H and O–H groups in total. The highest BCUT2D eigenvalue weighted by atomic mass is 35.5. The van der Waals surface area contributed by atoms with Crippen LogP contribution in [-0.4, -0.2) is 52.5 Å². The standard InChI is InChI=1S/C18H21ClN2O3.C6H6BClO2/c1-2-24-18(23)17(22)12-21(20)11-13-6-8-14(9-7-13)15-4-3-5-16(19)10-15;8-6-3-1-2-5(4-6)7(9)10/h3-10,17,22H,2,11-12,20H2,1H3;1-4,9-10H/t17-;/m1./s1. The Morgan fingerprint density at radius 1 is 1.00 bits per heavy atom. The summed E-state index contributed by atoms with van der Waals surface area (Å²) in [6.45, 7) is 2.33. The van der Waals surface area contributed by atoms with E-state index in [2.05, 4.69) is 0 Å². The number of ether oxygens (including phenoxy) is 1. The molecule has 0 unspecified atom stereocenters. The van der Waals surface area contributed by atoms with Crippen LogP contribution in [0.5, 0.6) is 0 Å². The van der Waals surface area contributed by atoms with Gasteiger partial charge in [0.05, 0.1) is 13.2 Å².